The third kappa shape index (κ3) is 5.93. The number of benzene rings is 1. The van der Waals surface area contributed by atoms with Crippen molar-refractivity contribution in [3.05, 3.63) is 22.2 Å². The Morgan fingerprint density at radius 3 is 2.81 bits per heavy atom. The summed E-state index contributed by atoms with van der Waals surface area (Å²) in [6.07, 6.45) is 2.77. The minimum absolute atomic E-state index is 0.0328. The van der Waals surface area contributed by atoms with Crippen molar-refractivity contribution in [3.8, 4) is 11.5 Å². The SMILES string of the molecule is CCCCNC(=O)COc1c(Br)cc(CCN)cc1OC. The van der Waals surface area contributed by atoms with Crippen LogP contribution in [-0.4, -0.2) is 32.7 Å². The number of unbranched alkanes of at least 4 members (excludes halogenated alkanes) is 1. The van der Waals surface area contributed by atoms with Gasteiger partial charge in [-0.25, -0.2) is 0 Å². The number of hydrogen-bond donors (Lipinski definition) is 2. The minimum atomic E-state index is -0.136. The van der Waals surface area contributed by atoms with Crippen molar-refractivity contribution >= 4 is 21.8 Å². The second-order valence-corrected chi connectivity index (χ2v) is 5.49. The molecule has 1 rings (SSSR count). The van der Waals surface area contributed by atoms with Crippen molar-refractivity contribution < 1.29 is 14.3 Å². The molecule has 118 valence electrons. The number of nitrogens with two attached hydrogens (primary N) is 1. The second kappa shape index (κ2) is 9.63. The molecular formula is C15H23BrN2O3. The van der Waals surface area contributed by atoms with E-state index in [-0.39, 0.29) is 12.5 Å². The van der Waals surface area contributed by atoms with Gasteiger partial charge < -0.3 is 20.5 Å². The van der Waals surface area contributed by atoms with Crippen LogP contribution in [0.25, 0.3) is 0 Å². The molecule has 0 unspecified atom stereocenters. The molecule has 5 nitrogen and oxygen atoms in total. The topological polar surface area (TPSA) is 73.6 Å². The highest BCUT2D eigenvalue weighted by molar-refractivity contribution is 9.10. The summed E-state index contributed by atoms with van der Waals surface area (Å²) in [4.78, 5) is 11.7. The molecule has 0 bridgehead atoms. The highest BCUT2D eigenvalue weighted by Gasteiger charge is 2.13. The molecule has 0 aromatic heterocycles. The maximum atomic E-state index is 11.7. The van der Waals surface area contributed by atoms with Gasteiger partial charge in [0.2, 0.25) is 0 Å². The zero-order valence-electron chi connectivity index (χ0n) is 12.6. The first kappa shape index (κ1) is 17.8. The van der Waals surface area contributed by atoms with Crippen LogP contribution in [0.3, 0.4) is 0 Å². The van der Waals surface area contributed by atoms with E-state index in [1.165, 1.54) is 0 Å². The van der Waals surface area contributed by atoms with Crippen LogP contribution in [0, 0.1) is 0 Å². The number of ether oxygens (including phenoxy) is 2. The van der Waals surface area contributed by atoms with E-state index >= 15 is 0 Å². The first-order valence-corrected chi connectivity index (χ1v) is 7.87. The first-order valence-electron chi connectivity index (χ1n) is 7.08. The zero-order valence-corrected chi connectivity index (χ0v) is 14.2. The summed E-state index contributed by atoms with van der Waals surface area (Å²) >= 11 is 3.45. The molecule has 0 fully saturated rings. The lowest BCUT2D eigenvalue weighted by atomic mass is 10.1. The summed E-state index contributed by atoms with van der Waals surface area (Å²) in [6.45, 7) is 3.28. The summed E-state index contributed by atoms with van der Waals surface area (Å²) in [6, 6.07) is 3.81. The van der Waals surface area contributed by atoms with Crippen LogP contribution in [0.5, 0.6) is 11.5 Å². The number of amides is 1. The van der Waals surface area contributed by atoms with E-state index in [1.807, 2.05) is 12.1 Å². The Hall–Kier alpha value is -1.27. The van der Waals surface area contributed by atoms with Gasteiger partial charge in [0, 0.05) is 6.54 Å². The molecule has 0 aliphatic rings. The van der Waals surface area contributed by atoms with E-state index in [4.69, 9.17) is 15.2 Å². The molecule has 0 aliphatic heterocycles. The summed E-state index contributed by atoms with van der Waals surface area (Å²) in [5, 5.41) is 2.81. The van der Waals surface area contributed by atoms with Gasteiger partial charge in [0.15, 0.2) is 18.1 Å². The van der Waals surface area contributed by atoms with E-state index in [0.29, 0.717) is 24.6 Å². The standard InChI is InChI=1S/C15H23BrN2O3/c1-3-4-7-18-14(19)10-21-15-12(16)8-11(5-6-17)9-13(15)20-2/h8-9H,3-7,10,17H2,1-2H3,(H,18,19). The summed E-state index contributed by atoms with van der Waals surface area (Å²) in [7, 11) is 1.57. The average molecular weight is 359 g/mol. The molecule has 1 aromatic rings. The maximum absolute atomic E-state index is 11.7. The van der Waals surface area contributed by atoms with Crippen LogP contribution in [0.15, 0.2) is 16.6 Å². The molecular weight excluding hydrogens is 336 g/mol. The van der Waals surface area contributed by atoms with E-state index in [9.17, 15) is 4.79 Å². The Kier molecular flexibility index (Phi) is 8.15. The Morgan fingerprint density at radius 2 is 2.19 bits per heavy atom. The molecule has 3 N–H and O–H groups in total. The van der Waals surface area contributed by atoms with Crippen molar-refractivity contribution in [3.63, 3.8) is 0 Å². The molecule has 0 saturated heterocycles. The molecule has 0 aliphatic carbocycles. The van der Waals surface area contributed by atoms with E-state index in [2.05, 4.69) is 28.2 Å². The number of nitrogens with one attached hydrogen (secondary N) is 1. The Morgan fingerprint density at radius 1 is 1.43 bits per heavy atom. The van der Waals surface area contributed by atoms with Gasteiger partial charge in [-0.3, -0.25) is 4.79 Å². The molecule has 0 spiro atoms. The smallest absolute Gasteiger partial charge is 0.257 e. The third-order valence-electron chi connectivity index (χ3n) is 2.92. The Balaban J connectivity index is 2.67. The van der Waals surface area contributed by atoms with Gasteiger partial charge in [0.1, 0.15) is 0 Å². The van der Waals surface area contributed by atoms with Gasteiger partial charge in [0.25, 0.3) is 5.91 Å². The first-order chi connectivity index (χ1) is 10.1. The van der Waals surface area contributed by atoms with Gasteiger partial charge in [-0.15, -0.1) is 0 Å². The van der Waals surface area contributed by atoms with Gasteiger partial charge >= 0.3 is 0 Å². The fourth-order valence-electron chi connectivity index (χ4n) is 1.82. The van der Waals surface area contributed by atoms with Crippen LogP contribution in [0.1, 0.15) is 25.3 Å². The van der Waals surface area contributed by atoms with Crippen LogP contribution >= 0.6 is 15.9 Å². The molecule has 1 aromatic carbocycles. The van der Waals surface area contributed by atoms with Crippen molar-refractivity contribution in [2.75, 3.05) is 26.8 Å². The van der Waals surface area contributed by atoms with E-state index in [0.717, 1.165) is 29.3 Å². The van der Waals surface area contributed by atoms with Gasteiger partial charge in [-0.1, -0.05) is 13.3 Å². The maximum Gasteiger partial charge on any atom is 0.257 e. The fourth-order valence-corrected chi connectivity index (χ4v) is 2.42. The van der Waals surface area contributed by atoms with Gasteiger partial charge in [-0.2, -0.15) is 0 Å². The minimum Gasteiger partial charge on any atom is -0.493 e. The molecule has 21 heavy (non-hydrogen) atoms. The molecule has 0 heterocycles. The number of carbonyl (C=O) groups excluding carboxylic acids is 1. The van der Waals surface area contributed by atoms with Gasteiger partial charge in [-0.05, 0) is 53.0 Å². The van der Waals surface area contributed by atoms with Crippen LogP contribution < -0.4 is 20.5 Å². The van der Waals surface area contributed by atoms with Crippen LogP contribution in [-0.2, 0) is 11.2 Å². The van der Waals surface area contributed by atoms with Crippen molar-refractivity contribution in [1.82, 2.24) is 5.32 Å². The molecule has 1 amide bonds. The van der Waals surface area contributed by atoms with Gasteiger partial charge in [0.05, 0.1) is 11.6 Å². The summed E-state index contributed by atoms with van der Waals surface area (Å²) in [5.74, 6) is 0.988. The highest BCUT2D eigenvalue weighted by Crippen LogP contribution is 2.36. The zero-order chi connectivity index (χ0) is 15.7. The quantitative estimate of drug-likeness (QED) is 0.664. The molecule has 0 atom stereocenters. The Bertz CT molecular complexity index is 466. The number of halogens is 1. The second-order valence-electron chi connectivity index (χ2n) is 4.64. The van der Waals surface area contributed by atoms with Crippen molar-refractivity contribution in [1.29, 1.82) is 0 Å². The van der Waals surface area contributed by atoms with Crippen LogP contribution in [0.2, 0.25) is 0 Å². The monoisotopic (exact) mass is 358 g/mol. The lowest BCUT2D eigenvalue weighted by Gasteiger charge is -2.14. The van der Waals surface area contributed by atoms with Crippen LogP contribution in [0.4, 0.5) is 0 Å². The predicted octanol–water partition coefficient (Wildman–Crippen LogP) is 2.25. The van der Waals surface area contributed by atoms with Crippen molar-refractivity contribution in [2.24, 2.45) is 5.73 Å². The molecule has 6 heteroatoms. The number of hydrogen-bond acceptors (Lipinski definition) is 4. The summed E-state index contributed by atoms with van der Waals surface area (Å²) < 4.78 is 11.6. The summed E-state index contributed by atoms with van der Waals surface area (Å²) in [5.41, 5.74) is 6.61. The van der Waals surface area contributed by atoms with E-state index < -0.39 is 0 Å². The highest BCUT2D eigenvalue weighted by atomic mass is 79.9. The number of rotatable bonds is 9. The lowest BCUT2D eigenvalue weighted by Crippen LogP contribution is -2.29. The largest absolute Gasteiger partial charge is 0.493 e. The van der Waals surface area contributed by atoms with E-state index in [1.54, 1.807) is 7.11 Å². The normalized spacial score (nSPS) is 10.3. The average Bonchev–Trinajstić information content (AvgIpc) is 2.46. The fraction of sp³-hybridized carbons (Fsp3) is 0.533. The third-order valence-corrected chi connectivity index (χ3v) is 3.51. The predicted molar refractivity (Wildman–Crippen MR) is 86.9 cm³/mol. The molecule has 0 saturated carbocycles. The Labute approximate surface area is 134 Å². The van der Waals surface area contributed by atoms with Crippen molar-refractivity contribution in [2.45, 2.75) is 26.2 Å². The lowest BCUT2D eigenvalue weighted by molar-refractivity contribution is -0.123. The molecule has 0 radical (unpaired) electrons. The number of carbonyl (C=O) groups is 1. The number of methoxy groups -OCH3 is 1.